The summed E-state index contributed by atoms with van der Waals surface area (Å²) in [5.41, 5.74) is 2.82. The number of aryl methyl sites for hydroxylation is 1. The molecule has 0 aliphatic heterocycles. The summed E-state index contributed by atoms with van der Waals surface area (Å²) in [5, 5.41) is 0.632. The van der Waals surface area contributed by atoms with E-state index in [0.29, 0.717) is 17.1 Å². The zero-order valence-corrected chi connectivity index (χ0v) is 19.0. The lowest BCUT2D eigenvalue weighted by Crippen LogP contribution is -2.16. The summed E-state index contributed by atoms with van der Waals surface area (Å²) in [7, 11) is 0. The first-order chi connectivity index (χ1) is 14.2. The minimum Gasteiger partial charge on any atom is -0.453 e. The van der Waals surface area contributed by atoms with Crippen molar-refractivity contribution in [2.24, 2.45) is 0 Å². The molecule has 0 aliphatic carbocycles. The number of rotatable bonds is 6. The summed E-state index contributed by atoms with van der Waals surface area (Å²) in [5.74, 6) is -1.21. The number of hydrogen-bond donors (Lipinski definition) is 0. The predicted molar refractivity (Wildman–Crippen MR) is 118 cm³/mol. The van der Waals surface area contributed by atoms with Gasteiger partial charge in [0.15, 0.2) is 12.3 Å². The topological polar surface area (TPSA) is 61.2 Å². The fraction of sp³-hybridized carbons (Fsp3) is 0.190. The molecular formula is C21H16Cl4N2O3. The van der Waals surface area contributed by atoms with Crippen molar-refractivity contribution < 1.29 is 14.3 Å². The number of pyridine rings is 1. The number of ether oxygens (including phenoxy) is 1. The zero-order valence-electron chi connectivity index (χ0n) is 16.0. The first-order valence-electron chi connectivity index (χ1n) is 8.80. The van der Waals surface area contributed by atoms with Crippen LogP contribution in [0.25, 0.3) is 0 Å². The molecule has 5 nitrogen and oxygen atoms in total. The van der Waals surface area contributed by atoms with E-state index in [1.165, 1.54) is 6.20 Å². The van der Waals surface area contributed by atoms with Gasteiger partial charge in [-0.25, -0.2) is 9.78 Å². The molecule has 1 aromatic carbocycles. The third-order valence-electron chi connectivity index (χ3n) is 4.61. The van der Waals surface area contributed by atoms with Gasteiger partial charge in [0.05, 0.1) is 15.1 Å². The average Bonchev–Trinajstić information content (AvgIpc) is 3.00. The monoisotopic (exact) mass is 484 g/mol. The van der Waals surface area contributed by atoms with Crippen LogP contribution >= 0.6 is 46.4 Å². The van der Waals surface area contributed by atoms with Crippen LogP contribution in [0.3, 0.4) is 0 Å². The highest BCUT2D eigenvalue weighted by molar-refractivity contribution is 6.48. The van der Waals surface area contributed by atoms with Gasteiger partial charge in [-0.15, -0.1) is 0 Å². The van der Waals surface area contributed by atoms with Crippen LogP contribution in [0.15, 0.2) is 36.5 Å². The number of benzene rings is 1. The van der Waals surface area contributed by atoms with E-state index in [2.05, 4.69) is 4.98 Å². The van der Waals surface area contributed by atoms with Gasteiger partial charge in [-0.1, -0.05) is 64.6 Å². The van der Waals surface area contributed by atoms with Crippen LogP contribution in [0.1, 0.15) is 37.8 Å². The number of halogens is 4. The Morgan fingerprint density at radius 1 is 1.03 bits per heavy atom. The summed E-state index contributed by atoms with van der Waals surface area (Å²) < 4.78 is 7.07. The molecule has 9 heteroatoms. The van der Waals surface area contributed by atoms with E-state index >= 15 is 0 Å². The second kappa shape index (κ2) is 9.40. The van der Waals surface area contributed by atoms with Gasteiger partial charge in [0, 0.05) is 34.7 Å². The Kier molecular flexibility index (Phi) is 7.09. The lowest BCUT2D eigenvalue weighted by Gasteiger charge is -2.11. The van der Waals surface area contributed by atoms with Crippen molar-refractivity contribution >= 4 is 58.2 Å². The van der Waals surface area contributed by atoms with Crippen molar-refractivity contribution in [2.45, 2.75) is 20.4 Å². The minimum atomic E-state index is -0.864. The van der Waals surface area contributed by atoms with Crippen molar-refractivity contribution in [2.75, 3.05) is 6.61 Å². The molecule has 3 aromatic rings. The lowest BCUT2D eigenvalue weighted by atomic mass is 10.1. The largest absolute Gasteiger partial charge is 0.453 e. The van der Waals surface area contributed by atoms with Gasteiger partial charge in [-0.3, -0.25) is 4.79 Å². The average molecular weight is 486 g/mol. The van der Waals surface area contributed by atoms with E-state index in [1.54, 1.807) is 6.07 Å². The molecular weight excluding hydrogens is 470 g/mol. The summed E-state index contributed by atoms with van der Waals surface area (Å²) in [6.45, 7) is 3.78. The molecule has 2 aromatic heterocycles. The van der Waals surface area contributed by atoms with Crippen LogP contribution in [-0.2, 0) is 11.3 Å². The maximum Gasteiger partial charge on any atom is 0.358 e. The summed E-state index contributed by atoms with van der Waals surface area (Å²) in [6.07, 6.45) is 1.19. The van der Waals surface area contributed by atoms with Gasteiger partial charge in [0.1, 0.15) is 0 Å². The molecule has 0 radical (unpaired) electrons. The first-order valence-corrected chi connectivity index (χ1v) is 10.3. The number of nitrogens with zero attached hydrogens (tertiary/aromatic N) is 2. The number of carbonyl (C=O) groups excluding carboxylic acids is 2. The van der Waals surface area contributed by atoms with Gasteiger partial charge in [-0.2, -0.15) is 0 Å². The van der Waals surface area contributed by atoms with Crippen LogP contribution in [0, 0.1) is 13.8 Å². The number of ketones is 1. The normalized spacial score (nSPS) is 10.9. The minimum absolute atomic E-state index is 0.00488. The molecule has 30 heavy (non-hydrogen) atoms. The Balaban J connectivity index is 1.74. The van der Waals surface area contributed by atoms with Gasteiger partial charge < -0.3 is 9.30 Å². The van der Waals surface area contributed by atoms with Crippen LogP contribution in [0.4, 0.5) is 0 Å². The molecule has 3 rings (SSSR count). The second-order valence-electron chi connectivity index (χ2n) is 6.54. The number of hydrogen-bond acceptors (Lipinski definition) is 4. The third-order valence-corrected chi connectivity index (χ3v) is 6.21. The smallest absolute Gasteiger partial charge is 0.358 e. The molecule has 2 heterocycles. The molecule has 0 amide bonds. The van der Waals surface area contributed by atoms with E-state index in [0.717, 1.165) is 17.0 Å². The Bertz CT molecular complexity index is 1140. The second-order valence-corrected chi connectivity index (χ2v) is 8.11. The lowest BCUT2D eigenvalue weighted by molar-refractivity contribution is 0.0469. The fourth-order valence-corrected chi connectivity index (χ4v) is 3.74. The predicted octanol–water partition coefficient (Wildman–Crippen LogP) is 6.20. The molecule has 0 unspecified atom stereocenters. The quantitative estimate of drug-likeness (QED) is 0.308. The molecule has 0 saturated heterocycles. The summed E-state index contributed by atoms with van der Waals surface area (Å²) >= 11 is 24.0. The zero-order chi connectivity index (χ0) is 22.0. The van der Waals surface area contributed by atoms with Gasteiger partial charge in [0.2, 0.25) is 5.78 Å². The van der Waals surface area contributed by atoms with E-state index in [1.807, 2.05) is 42.7 Å². The van der Waals surface area contributed by atoms with Gasteiger partial charge in [0.25, 0.3) is 0 Å². The molecule has 0 aliphatic rings. The van der Waals surface area contributed by atoms with Crippen LogP contribution < -0.4 is 0 Å². The Labute approximate surface area is 193 Å². The van der Waals surface area contributed by atoms with Crippen molar-refractivity contribution in [1.29, 1.82) is 0 Å². The molecule has 0 fully saturated rings. The number of Topliss-reactive ketones (excluding diaryl/α,β-unsaturated/α-hetero) is 1. The highest BCUT2D eigenvalue weighted by atomic mass is 35.5. The molecule has 0 saturated carbocycles. The van der Waals surface area contributed by atoms with Crippen LogP contribution in [-0.4, -0.2) is 27.9 Å². The standard InChI is InChI=1S/C21H16Cl4N2O3/c1-11-7-14(12(2)27(11)9-13-5-3-4-6-15(13)22)17(28)10-30-21(29)20-19(25)18(24)16(23)8-26-20/h3-8H,9-10H2,1-2H3. The maximum atomic E-state index is 12.7. The van der Waals surface area contributed by atoms with Crippen molar-refractivity contribution in [3.05, 3.63) is 84.8 Å². The fourth-order valence-electron chi connectivity index (χ4n) is 2.99. The Morgan fingerprint density at radius 3 is 2.43 bits per heavy atom. The summed E-state index contributed by atoms with van der Waals surface area (Å²) in [6, 6.07) is 9.27. The Hall–Kier alpha value is -2.05. The molecule has 0 spiro atoms. The Morgan fingerprint density at radius 2 is 1.73 bits per heavy atom. The SMILES string of the molecule is Cc1cc(C(=O)COC(=O)c2ncc(Cl)c(Cl)c2Cl)c(C)n1Cc1ccccc1Cl. The third kappa shape index (κ3) is 4.65. The number of esters is 1. The highest BCUT2D eigenvalue weighted by Gasteiger charge is 2.22. The molecule has 0 N–H and O–H groups in total. The van der Waals surface area contributed by atoms with Gasteiger partial charge in [-0.05, 0) is 31.5 Å². The molecule has 156 valence electrons. The number of aromatic nitrogens is 2. The van der Waals surface area contributed by atoms with Crippen molar-refractivity contribution in [3.8, 4) is 0 Å². The molecule has 0 bridgehead atoms. The number of carbonyl (C=O) groups is 2. The van der Waals surface area contributed by atoms with Crippen LogP contribution in [0.5, 0.6) is 0 Å². The van der Waals surface area contributed by atoms with Crippen LogP contribution in [0.2, 0.25) is 20.1 Å². The molecule has 0 atom stereocenters. The highest BCUT2D eigenvalue weighted by Crippen LogP contribution is 2.31. The van der Waals surface area contributed by atoms with E-state index in [-0.39, 0.29) is 26.5 Å². The van der Waals surface area contributed by atoms with Gasteiger partial charge >= 0.3 is 5.97 Å². The first kappa shape index (κ1) is 22.6. The van der Waals surface area contributed by atoms with E-state index < -0.39 is 12.6 Å². The summed E-state index contributed by atoms with van der Waals surface area (Å²) in [4.78, 5) is 28.8. The van der Waals surface area contributed by atoms with E-state index in [4.69, 9.17) is 51.1 Å². The maximum absolute atomic E-state index is 12.7. The van der Waals surface area contributed by atoms with Crippen molar-refractivity contribution in [1.82, 2.24) is 9.55 Å². The van der Waals surface area contributed by atoms with Crippen molar-refractivity contribution in [3.63, 3.8) is 0 Å². The van der Waals surface area contributed by atoms with E-state index in [9.17, 15) is 9.59 Å².